The van der Waals surface area contributed by atoms with E-state index >= 15 is 0 Å². The summed E-state index contributed by atoms with van der Waals surface area (Å²) in [6.07, 6.45) is 2.30. The number of halogens is 3. The zero-order chi connectivity index (χ0) is 15.6. The molecule has 0 aliphatic heterocycles. The van der Waals surface area contributed by atoms with Crippen molar-refractivity contribution in [3.8, 4) is 5.75 Å². The highest BCUT2D eigenvalue weighted by molar-refractivity contribution is 9.10. The first-order chi connectivity index (χ1) is 9.79. The molecule has 10 heteroatoms. The molecule has 21 heavy (non-hydrogen) atoms. The first-order valence-corrected chi connectivity index (χ1v) is 7.88. The molecule has 114 valence electrons. The molecule has 0 spiro atoms. The number of sulfonamides is 1. The molecular weight excluding hydrogens is 372 g/mol. The molecule has 0 aliphatic rings. The van der Waals surface area contributed by atoms with Crippen molar-refractivity contribution in [2.75, 3.05) is 0 Å². The van der Waals surface area contributed by atoms with Gasteiger partial charge in [0.15, 0.2) is 5.82 Å². The summed E-state index contributed by atoms with van der Waals surface area (Å²) in [6.45, 7) is -3.07. The van der Waals surface area contributed by atoms with E-state index in [0.717, 1.165) is 6.20 Å². The minimum Gasteiger partial charge on any atom is -0.484 e. The van der Waals surface area contributed by atoms with Gasteiger partial charge in [0.25, 0.3) is 0 Å². The van der Waals surface area contributed by atoms with Gasteiger partial charge in [-0.05, 0) is 18.2 Å². The molecule has 2 aromatic rings. The molecule has 2 rings (SSSR count). The fourth-order valence-electron chi connectivity index (χ4n) is 1.60. The Kier molecular flexibility index (Phi) is 4.59. The molecule has 0 radical (unpaired) electrons. The summed E-state index contributed by atoms with van der Waals surface area (Å²) >= 11 is 3.12. The molecule has 0 unspecified atom stereocenters. The van der Waals surface area contributed by atoms with E-state index in [0.29, 0.717) is 9.04 Å². The molecule has 2 N–H and O–H groups in total. The van der Waals surface area contributed by atoms with Crippen molar-refractivity contribution < 1.29 is 21.9 Å². The van der Waals surface area contributed by atoms with Crippen LogP contribution >= 0.6 is 15.9 Å². The fraction of sp³-hybridized carbons (Fsp3) is 0.182. The van der Waals surface area contributed by atoms with Gasteiger partial charge in [-0.25, -0.2) is 18.5 Å². The Balaban J connectivity index is 2.27. The number of nitrogens with zero attached hydrogens (tertiary/aromatic N) is 2. The standard InChI is InChI=1S/C11H10BrF2N3O3S/c12-7-1-2-8(9(5-7)21(15,18)19)20-6-10-16-3-4-17(10)11(13)14/h1-5,11H,6H2,(H2,15,18,19). The molecular formula is C11H10BrF2N3O3S. The number of nitrogens with two attached hydrogens (primary N) is 1. The number of hydrogen-bond donors (Lipinski definition) is 1. The van der Waals surface area contributed by atoms with Gasteiger partial charge in [0.1, 0.15) is 17.3 Å². The van der Waals surface area contributed by atoms with E-state index in [1.807, 2.05) is 0 Å². The highest BCUT2D eigenvalue weighted by Crippen LogP contribution is 2.27. The Labute approximate surface area is 127 Å². The normalized spacial score (nSPS) is 11.9. The van der Waals surface area contributed by atoms with Gasteiger partial charge in [0.2, 0.25) is 10.0 Å². The van der Waals surface area contributed by atoms with Crippen LogP contribution in [0.1, 0.15) is 12.4 Å². The summed E-state index contributed by atoms with van der Waals surface area (Å²) in [6, 6.07) is 4.19. The molecule has 1 aromatic heterocycles. The smallest absolute Gasteiger partial charge is 0.320 e. The lowest BCUT2D eigenvalue weighted by Gasteiger charge is -2.11. The van der Waals surface area contributed by atoms with Crippen LogP contribution in [-0.4, -0.2) is 18.0 Å². The fourth-order valence-corrected chi connectivity index (χ4v) is 2.81. The van der Waals surface area contributed by atoms with Crippen molar-refractivity contribution in [3.63, 3.8) is 0 Å². The topological polar surface area (TPSA) is 87.2 Å². The summed E-state index contributed by atoms with van der Waals surface area (Å²) in [5.74, 6) is -0.0715. The molecule has 0 amide bonds. The van der Waals surface area contributed by atoms with Gasteiger partial charge in [-0.2, -0.15) is 8.78 Å². The quantitative estimate of drug-likeness (QED) is 0.860. The number of rotatable bonds is 5. The molecule has 1 heterocycles. The van der Waals surface area contributed by atoms with Gasteiger partial charge >= 0.3 is 6.55 Å². The Morgan fingerprint density at radius 3 is 2.76 bits per heavy atom. The van der Waals surface area contributed by atoms with Crippen LogP contribution in [0, 0.1) is 0 Å². The van der Waals surface area contributed by atoms with Crippen molar-refractivity contribution >= 4 is 26.0 Å². The average Bonchev–Trinajstić information content (AvgIpc) is 2.84. The maximum Gasteiger partial charge on any atom is 0.320 e. The molecule has 0 fully saturated rings. The van der Waals surface area contributed by atoms with Crippen molar-refractivity contribution in [3.05, 3.63) is 40.9 Å². The van der Waals surface area contributed by atoms with Crippen LogP contribution in [-0.2, 0) is 16.6 Å². The van der Waals surface area contributed by atoms with E-state index in [9.17, 15) is 17.2 Å². The van der Waals surface area contributed by atoms with Gasteiger partial charge in [-0.15, -0.1) is 0 Å². The lowest BCUT2D eigenvalue weighted by Crippen LogP contribution is -2.15. The molecule has 0 bridgehead atoms. The van der Waals surface area contributed by atoms with Gasteiger partial charge in [-0.3, -0.25) is 4.57 Å². The van der Waals surface area contributed by atoms with Crippen LogP contribution in [0.4, 0.5) is 8.78 Å². The molecule has 0 saturated heterocycles. The summed E-state index contributed by atoms with van der Waals surface area (Å²) < 4.78 is 54.6. The third kappa shape index (κ3) is 3.77. The Hall–Kier alpha value is -1.52. The predicted molar refractivity (Wildman–Crippen MR) is 73.3 cm³/mol. The lowest BCUT2D eigenvalue weighted by atomic mass is 10.3. The summed E-state index contributed by atoms with van der Waals surface area (Å²) in [5.41, 5.74) is 0. The van der Waals surface area contributed by atoms with Crippen molar-refractivity contribution in [1.82, 2.24) is 9.55 Å². The monoisotopic (exact) mass is 381 g/mol. The highest BCUT2D eigenvalue weighted by Gasteiger charge is 2.17. The second-order valence-corrected chi connectivity index (χ2v) is 6.40. The van der Waals surface area contributed by atoms with E-state index in [4.69, 9.17) is 9.88 Å². The molecule has 0 aliphatic carbocycles. The van der Waals surface area contributed by atoms with Crippen LogP contribution in [0.5, 0.6) is 5.75 Å². The second-order valence-electron chi connectivity index (χ2n) is 3.95. The third-order valence-corrected chi connectivity index (χ3v) is 3.95. The van der Waals surface area contributed by atoms with E-state index < -0.39 is 16.6 Å². The summed E-state index contributed by atoms with van der Waals surface area (Å²) in [5, 5.41) is 5.08. The van der Waals surface area contributed by atoms with E-state index in [-0.39, 0.29) is 23.1 Å². The van der Waals surface area contributed by atoms with Crippen LogP contribution in [0.25, 0.3) is 0 Å². The van der Waals surface area contributed by atoms with Crippen LogP contribution in [0.15, 0.2) is 40.0 Å². The first kappa shape index (κ1) is 15.9. The Morgan fingerprint density at radius 1 is 1.43 bits per heavy atom. The zero-order valence-corrected chi connectivity index (χ0v) is 12.8. The summed E-state index contributed by atoms with van der Waals surface area (Å²) in [4.78, 5) is 3.49. The van der Waals surface area contributed by atoms with Crippen molar-refractivity contribution in [2.24, 2.45) is 5.14 Å². The molecule has 6 nitrogen and oxygen atoms in total. The minimum atomic E-state index is -4.00. The number of alkyl halides is 2. The zero-order valence-electron chi connectivity index (χ0n) is 10.4. The van der Waals surface area contributed by atoms with Gasteiger partial charge < -0.3 is 4.74 Å². The SMILES string of the molecule is NS(=O)(=O)c1cc(Br)ccc1OCc1nccn1C(F)F. The predicted octanol–water partition coefficient (Wildman–Crippen LogP) is 2.27. The van der Waals surface area contributed by atoms with E-state index in [2.05, 4.69) is 20.9 Å². The number of ether oxygens (including phenoxy) is 1. The summed E-state index contributed by atoms with van der Waals surface area (Å²) in [7, 11) is -4.00. The van der Waals surface area contributed by atoms with Crippen molar-refractivity contribution in [1.29, 1.82) is 0 Å². The molecule has 0 saturated carbocycles. The molecule has 1 aromatic carbocycles. The number of imidazole rings is 1. The number of aromatic nitrogens is 2. The first-order valence-electron chi connectivity index (χ1n) is 5.54. The number of primary sulfonamides is 1. The van der Waals surface area contributed by atoms with Gasteiger partial charge in [0, 0.05) is 16.9 Å². The van der Waals surface area contributed by atoms with Gasteiger partial charge in [0.05, 0.1) is 0 Å². The van der Waals surface area contributed by atoms with E-state index in [1.54, 1.807) is 6.07 Å². The third-order valence-electron chi connectivity index (χ3n) is 2.53. The molecule has 0 atom stereocenters. The maximum absolute atomic E-state index is 12.7. The maximum atomic E-state index is 12.7. The number of benzene rings is 1. The lowest BCUT2D eigenvalue weighted by molar-refractivity contribution is 0.0631. The van der Waals surface area contributed by atoms with Gasteiger partial charge in [-0.1, -0.05) is 15.9 Å². The average molecular weight is 382 g/mol. The van der Waals surface area contributed by atoms with Crippen LogP contribution in [0.2, 0.25) is 0 Å². The Morgan fingerprint density at radius 2 is 2.14 bits per heavy atom. The van der Waals surface area contributed by atoms with Crippen LogP contribution < -0.4 is 9.88 Å². The largest absolute Gasteiger partial charge is 0.484 e. The van der Waals surface area contributed by atoms with Crippen LogP contribution in [0.3, 0.4) is 0 Å². The Bertz CT molecular complexity index is 749. The number of hydrogen-bond acceptors (Lipinski definition) is 4. The van der Waals surface area contributed by atoms with Crippen molar-refractivity contribution in [2.45, 2.75) is 18.1 Å². The highest BCUT2D eigenvalue weighted by atomic mass is 79.9. The second kappa shape index (κ2) is 6.08. The minimum absolute atomic E-state index is 0.0340. The van der Waals surface area contributed by atoms with E-state index in [1.165, 1.54) is 18.3 Å².